The van der Waals surface area contributed by atoms with Crippen LogP contribution in [0.5, 0.6) is 0 Å². The van der Waals surface area contributed by atoms with Gasteiger partial charge in [0.1, 0.15) is 0 Å². The molecule has 86 valence electrons. The van der Waals surface area contributed by atoms with Gasteiger partial charge in [0.25, 0.3) is 0 Å². The highest BCUT2D eigenvalue weighted by molar-refractivity contribution is 5.90. The fourth-order valence-electron chi connectivity index (χ4n) is 1.76. The molecule has 16 heavy (non-hydrogen) atoms. The molecule has 0 aromatic carbocycles. The van der Waals surface area contributed by atoms with Crippen molar-refractivity contribution in [3.8, 4) is 0 Å². The summed E-state index contributed by atoms with van der Waals surface area (Å²) in [4.78, 5) is 21.1. The molecule has 2 heterocycles. The van der Waals surface area contributed by atoms with Crippen molar-refractivity contribution in [1.29, 1.82) is 0 Å². The molecule has 1 amide bonds. The van der Waals surface area contributed by atoms with Gasteiger partial charge in [0.05, 0.1) is 12.1 Å². The Hall–Kier alpha value is -1.53. The zero-order valence-electron chi connectivity index (χ0n) is 9.05. The Morgan fingerprint density at radius 2 is 2.19 bits per heavy atom. The summed E-state index contributed by atoms with van der Waals surface area (Å²) in [6.45, 7) is 3.06. The van der Waals surface area contributed by atoms with Gasteiger partial charge in [-0.05, 0) is 13.0 Å². The summed E-state index contributed by atoms with van der Waals surface area (Å²) in [6, 6.07) is 1.68. The third kappa shape index (κ3) is 2.74. The van der Waals surface area contributed by atoms with Crippen LogP contribution in [-0.4, -0.2) is 51.1 Å². The quantitative estimate of drug-likeness (QED) is 0.719. The highest BCUT2D eigenvalue weighted by Crippen LogP contribution is 2.18. The van der Waals surface area contributed by atoms with Crippen LogP contribution >= 0.6 is 0 Å². The maximum atomic E-state index is 11.5. The van der Waals surface area contributed by atoms with Crippen LogP contribution in [0.1, 0.15) is 6.92 Å². The van der Waals surface area contributed by atoms with Crippen molar-refractivity contribution in [3.63, 3.8) is 0 Å². The van der Waals surface area contributed by atoms with E-state index in [9.17, 15) is 9.90 Å². The molecule has 0 spiro atoms. The van der Waals surface area contributed by atoms with Gasteiger partial charge in [-0.2, -0.15) is 0 Å². The second-order valence-corrected chi connectivity index (χ2v) is 4.26. The Balaban J connectivity index is 1.78. The Morgan fingerprint density at radius 1 is 1.56 bits per heavy atom. The number of rotatable bonds is 3. The molecule has 0 bridgehead atoms. The molecule has 1 aromatic rings. The van der Waals surface area contributed by atoms with Crippen molar-refractivity contribution < 1.29 is 9.90 Å². The van der Waals surface area contributed by atoms with Crippen molar-refractivity contribution >= 4 is 11.9 Å². The number of carbonyl (C=O) groups excluding carboxylic acids is 1. The number of amides is 1. The van der Waals surface area contributed by atoms with E-state index < -0.39 is 5.60 Å². The molecule has 1 aliphatic heterocycles. The van der Waals surface area contributed by atoms with E-state index in [1.807, 2.05) is 4.90 Å². The second kappa shape index (κ2) is 4.15. The van der Waals surface area contributed by atoms with E-state index in [2.05, 4.69) is 15.3 Å². The first-order valence-corrected chi connectivity index (χ1v) is 5.07. The summed E-state index contributed by atoms with van der Waals surface area (Å²) >= 11 is 0. The lowest BCUT2D eigenvalue weighted by Gasteiger charge is -2.43. The van der Waals surface area contributed by atoms with Gasteiger partial charge in [-0.15, -0.1) is 0 Å². The molecule has 0 radical (unpaired) electrons. The molecule has 6 heteroatoms. The molecule has 6 nitrogen and oxygen atoms in total. The van der Waals surface area contributed by atoms with Crippen molar-refractivity contribution in [1.82, 2.24) is 14.9 Å². The molecule has 0 unspecified atom stereocenters. The molecular formula is C10H14N4O2. The van der Waals surface area contributed by atoms with Crippen LogP contribution < -0.4 is 5.32 Å². The van der Waals surface area contributed by atoms with Gasteiger partial charge in [0.15, 0.2) is 0 Å². The van der Waals surface area contributed by atoms with Gasteiger partial charge >= 0.3 is 0 Å². The van der Waals surface area contributed by atoms with Gasteiger partial charge in [0, 0.05) is 25.5 Å². The number of aliphatic hydroxyl groups is 1. The average molecular weight is 222 g/mol. The first kappa shape index (κ1) is 11.0. The monoisotopic (exact) mass is 222 g/mol. The Kier molecular flexibility index (Phi) is 2.84. The normalized spacial score (nSPS) is 18.9. The van der Waals surface area contributed by atoms with E-state index in [0.29, 0.717) is 19.0 Å². The predicted molar refractivity (Wildman–Crippen MR) is 57.7 cm³/mol. The third-order valence-electron chi connectivity index (χ3n) is 2.31. The third-order valence-corrected chi connectivity index (χ3v) is 2.31. The van der Waals surface area contributed by atoms with E-state index in [1.165, 1.54) is 0 Å². The lowest BCUT2D eigenvalue weighted by Crippen LogP contribution is -2.61. The van der Waals surface area contributed by atoms with Crippen LogP contribution in [0.4, 0.5) is 5.95 Å². The van der Waals surface area contributed by atoms with E-state index >= 15 is 0 Å². The minimum Gasteiger partial charge on any atom is -0.388 e. The molecule has 1 fully saturated rings. The summed E-state index contributed by atoms with van der Waals surface area (Å²) in [5.74, 6) is 0.140. The fraction of sp³-hybridized carbons (Fsp3) is 0.500. The van der Waals surface area contributed by atoms with Crippen molar-refractivity contribution in [3.05, 3.63) is 18.5 Å². The van der Waals surface area contributed by atoms with Gasteiger partial charge in [-0.25, -0.2) is 9.97 Å². The van der Waals surface area contributed by atoms with Crippen LogP contribution in [0, 0.1) is 0 Å². The molecule has 2 N–H and O–H groups in total. The topological polar surface area (TPSA) is 78.4 Å². The van der Waals surface area contributed by atoms with Crippen LogP contribution in [0.3, 0.4) is 0 Å². The zero-order valence-corrected chi connectivity index (χ0v) is 9.05. The smallest absolute Gasteiger partial charge is 0.240 e. The molecular weight excluding hydrogens is 208 g/mol. The number of hydrogen-bond donors (Lipinski definition) is 2. The summed E-state index contributed by atoms with van der Waals surface area (Å²) in [7, 11) is 0. The Labute approximate surface area is 93.3 Å². The predicted octanol–water partition coefficient (Wildman–Crippen LogP) is -0.518. The van der Waals surface area contributed by atoms with Crippen molar-refractivity contribution in [2.45, 2.75) is 12.5 Å². The Morgan fingerprint density at radius 3 is 2.75 bits per heavy atom. The minimum atomic E-state index is -0.649. The molecule has 2 rings (SSSR count). The number of anilines is 1. The largest absolute Gasteiger partial charge is 0.388 e. The van der Waals surface area contributed by atoms with Crippen molar-refractivity contribution in [2.75, 3.05) is 25.0 Å². The SMILES string of the molecule is CC1(O)CN(CC(=O)Nc2ncccn2)C1. The van der Waals surface area contributed by atoms with E-state index in [1.54, 1.807) is 25.4 Å². The van der Waals surface area contributed by atoms with E-state index in [-0.39, 0.29) is 12.5 Å². The number of likely N-dealkylation sites (tertiary alicyclic amines) is 1. The summed E-state index contributed by atoms with van der Waals surface area (Å²) in [5.41, 5.74) is -0.649. The van der Waals surface area contributed by atoms with Crippen LogP contribution in [0.25, 0.3) is 0 Å². The lowest BCUT2D eigenvalue weighted by atomic mass is 9.97. The molecule has 1 saturated heterocycles. The van der Waals surface area contributed by atoms with Crippen LogP contribution in [-0.2, 0) is 4.79 Å². The number of carbonyl (C=O) groups is 1. The van der Waals surface area contributed by atoms with Gasteiger partial charge in [-0.3, -0.25) is 15.0 Å². The van der Waals surface area contributed by atoms with E-state index in [0.717, 1.165) is 0 Å². The molecule has 1 aromatic heterocycles. The first-order valence-electron chi connectivity index (χ1n) is 5.07. The Bertz CT molecular complexity index is 372. The maximum Gasteiger partial charge on any atom is 0.240 e. The second-order valence-electron chi connectivity index (χ2n) is 4.26. The standard InChI is InChI=1S/C10H14N4O2/c1-10(16)6-14(7-10)5-8(15)13-9-11-3-2-4-12-9/h2-4,16H,5-7H2,1H3,(H,11,12,13,15). The van der Waals surface area contributed by atoms with Crippen LogP contribution in [0.2, 0.25) is 0 Å². The maximum absolute atomic E-state index is 11.5. The number of aromatic nitrogens is 2. The number of β-amino-alcohol motifs (C(OH)–C–C–N with tert-alkyl or cyclic N) is 1. The zero-order chi connectivity index (χ0) is 11.6. The van der Waals surface area contributed by atoms with Crippen molar-refractivity contribution in [2.24, 2.45) is 0 Å². The van der Waals surface area contributed by atoms with E-state index in [4.69, 9.17) is 0 Å². The minimum absolute atomic E-state index is 0.165. The number of nitrogens with one attached hydrogen (secondary N) is 1. The fourth-order valence-corrected chi connectivity index (χ4v) is 1.76. The van der Waals surface area contributed by atoms with Gasteiger partial charge in [0.2, 0.25) is 11.9 Å². The molecule has 0 saturated carbocycles. The first-order chi connectivity index (χ1) is 7.55. The highest BCUT2D eigenvalue weighted by atomic mass is 16.3. The summed E-state index contributed by atoms with van der Waals surface area (Å²) in [6.07, 6.45) is 3.13. The number of nitrogens with zero attached hydrogens (tertiary/aromatic N) is 3. The average Bonchev–Trinajstić information content (AvgIpc) is 2.16. The summed E-state index contributed by atoms with van der Waals surface area (Å²) < 4.78 is 0. The lowest BCUT2D eigenvalue weighted by molar-refractivity contribution is -0.125. The van der Waals surface area contributed by atoms with Gasteiger partial charge in [-0.1, -0.05) is 0 Å². The van der Waals surface area contributed by atoms with Crippen LogP contribution in [0.15, 0.2) is 18.5 Å². The highest BCUT2D eigenvalue weighted by Gasteiger charge is 2.37. The number of hydrogen-bond acceptors (Lipinski definition) is 5. The molecule has 1 aliphatic rings. The van der Waals surface area contributed by atoms with Gasteiger partial charge < -0.3 is 5.11 Å². The molecule has 0 atom stereocenters. The summed E-state index contributed by atoms with van der Waals surface area (Å²) in [5, 5.41) is 12.1. The molecule has 0 aliphatic carbocycles.